The first-order valence-corrected chi connectivity index (χ1v) is 8.89. The Kier molecular flexibility index (Phi) is 4.51. The summed E-state index contributed by atoms with van der Waals surface area (Å²) < 4.78 is 0. The summed E-state index contributed by atoms with van der Waals surface area (Å²) in [6.45, 7) is 1.43. The Bertz CT molecular complexity index is 785. The van der Waals surface area contributed by atoms with Crippen LogP contribution >= 0.6 is 0 Å². The van der Waals surface area contributed by atoms with Crippen molar-refractivity contribution < 1.29 is 9.90 Å². The molecule has 3 heterocycles. The maximum Gasteiger partial charge on any atom is 0.246 e. The second-order valence-electron chi connectivity index (χ2n) is 6.65. The zero-order valence-corrected chi connectivity index (χ0v) is 14.4. The predicted octanol–water partition coefficient (Wildman–Crippen LogP) is 2.36. The quantitative estimate of drug-likeness (QED) is 0.918. The molecule has 0 bridgehead atoms. The summed E-state index contributed by atoms with van der Waals surface area (Å²) in [6.07, 6.45) is 6.87. The van der Waals surface area contributed by atoms with Gasteiger partial charge in [0.2, 0.25) is 11.9 Å². The molecule has 1 saturated heterocycles. The zero-order valence-electron chi connectivity index (χ0n) is 14.4. The highest BCUT2D eigenvalue weighted by Gasteiger charge is 2.34. The summed E-state index contributed by atoms with van der Waals surface area (Å²) in [4.78, 5) is 23.3. The molecule has 26 heavy (non-hydrogen) atoms. The van der Waals surface area contributed by atoms with Gasteiger partial charge in [0.15, 0.2) is 5.75 Å². The molecule has 0 saturated carbocycles. The Hall–Kier alpha value is -2.96. The summed E-state index contributed by atoms with van der Waals surface area (Å²) in [7, 11) is 0. The SMILES string of the molecule is O=C(C1CCN(c2ncc(O)cn2)CC1)N1N=CCC1c1ccccc1. The molecule has 2 aromatic rings. The van der Waals surface area contributed by atoms with Gasteiger partial charge >= 0.3 is 0 Å². The zero-order chi connectivity index (χ0) is 17.9. The van der Waals surface area contributed by atoms with Crippen LogP contribution in [0.25, 0.3) is 0 Å². The van der Waals surface area contributed by atoms with Crippen LogP contribution in [0.15, 0.2) is 47.8 Å². The van der Waals surface area contributed by atoms with Gasteiger partial charge in [-0.15, -0.1) is 0 Å². The van der Waals surface area contributed by atoms with Crippen LogP contribution in [0.4, 0.5) is 5.95 Å². The number of aromatic nitrogens is 2. The van der Waals surface area contributed by atoms with Crippen LogP contribution in [-0.2, 0) is 4.79 Å². The molecule has 2 aliphatic heterocycles. The van der Waals surface area contributed by atoms with Crippen molar-refractivity contribution in [2.24, 2.45) is 11.0 Å². The van der Waals surface area contributed by atoms with E-state index in [4.69, 9.17) is 0 Å². The summed E-state index contributed by atoms with van der Waals surface area (Å²) in [5, 5.41) is 15.3. The van der Waals surface area contributed by atoms with Crippen LogP contribution in [-0.4, -0.2) is 45.3 Å². The first kappa shape index (κ1) is 16.5. The van der Waals surface area contributed by atoms with E-state index in [1.54, 1.807) is 5.01 Å². The molecule has 1 N–H and O–H groups in total. The summed E-state index contributed by atoms with van der Waals surface area (Å²) in [6, 6.07) is 10.1. The van der Waals surface area contributed by atoms with Crippen LogP contribution in [0.5, 0.6) is 5.75 Å². The number of carbonyl (C=O) groups is 1. The minimum Gasteiger partial charge on any atom is -0.505 e. The first-order chi connectivity index (χ1) is 12.7. The van der Waals surface area contributed by atoms with Gasteiger partial charge in [-0.2, -0.15) is 5.10 Å². The maximum atomic E-state index is 13.0. The summed E-state index contributed by atoms with van der Waals surface area (Å²) in [5.41, 5.74) is 1.12. The van der Waals surface area contributed by atoms with Gasteiger partial charge in [-0.25, -0.2) is 15.0 Å². The molecule has 1 fully saturated rings. The molecule has 0 aliphatic carbocycles. The molecule has 0 radical (unpaired) electrons. The highest BCUT2D eigenvalue weighted by atomic mass is 16.3. The monoisotopic (exact) mass is 351 g/mol. The molecule has 1 atom stereocenters. The van der Waals surface area contributed by atoms with Crippen molar-refractivity contribution in [3.8, 4) is 5.75 Å². The number of nitrogens with zero attached hydrogens (tertiary/aromatic N) is 5. The van der Waals surface area contributed by atoms with Crippen LogP contribution in [0.2, 0.25) is 0 Å². The minimum absolute atomic E-state index is 0.00200. The molecule has 4 rings (SSSR count). The normalized spacial score (nSPS) is 20.5. The second kappa shape index (κ2) is 7.11. The van der Waals surface area contributed by atoms with Gasteiger partial charge in [0.25, 0.3) is 0 Å². The van der Waals surface area contributed by atoms with E-state index in [2.05, 4.69) is 15.1 Å². The van der Waals surface area contributed by atoms with Crippen molar-refractivity contribution in [3.05, 3.63) is 48.3 Å². The van der Waals surface area contributed by atoms with Gasteiger partial charge in [-0.1, -0.05) is 30.3 Å². The minimum atomic E-state index is -0.0372. The lowest BCUT2D eigenvalue weighted by Crippen LogP contribution is -2.41. The number of benzene rings is 1. The summed E-state index contributed by atoms with van der Waals surface area (Å²) >= 11 is 0. The van der Waals surface area contributed by atoms with E-state index in [0.717, 1.165) is 37.9 Å². The van der Waals surface area contributed by atoms with Crippen molar-refractivity contribution in [2.45, 2.75) is 25.3 Å². The molecule has 0 spiro atoms. The number of hydrogen-bond acceptors (Lipinski definition) is 6. The van der Waals surface area contributed by atoms with E-state index < -0.39 is 0 Å². The average Bonchev–Trinajstić information content (AvgIpc) is 3.19. The molecule has 2 aliphatic rings. The number of hydrazone groups is 1. The molecular formula is C19H21N5O2. The van der Waals surface area contributed by atoms with E-state index in [-0.39, 0.29) is 23.6 Å². The average molecular weight is 351 g/mol. The lowest BCUT2D eigenvalue weighted by molar-refractivity contribution is -0.138. The third kappa shape index (κ3) is 3.24. The lowest BCUT2D eigenvalue weighted by Gasteiger charge is -2.33. The van der Waals surface area contributed by atoms with Gasteiger partial charge < -0.3 is 10.0 Å². The Morgan fingerprint density at radius 3 is 2.46 bits per heavy atom. The molecule has 1 aromatic carbocycles. The number of rotatable bonds is 3. The molecule has 1 aromatic heterocycles. The fourth-order valence-corrected chi connectivity index (χ4v) is 3.57. The number of anilines is 1. The van der Waals surface area contributed by atoms with Crippen molar-refractivity contribution in [3.63, 3.8) is 0 Å². The smallest absolute Gasteiger partial charge is 0.246 e. The third-order valence-corrected chi connectivity index (χ3v) is 4.99. The number of amides is 1. The first-order valence-electron chi connectivity index (χ1n) is 8.89. The van der Waals surface area contributed by atoms with Crippen molar-refractivity contribution in [1.29, 1.82) is 0 Å². The van der Waals surface area contributed by atoms with Gasteiger partial charge in [-0.3, -0.25) is 4.79 Å². The number of aromatic hydroxyl groups is 1. The number of hydrogen-bond donors (Lipinski definition) is 1. The Morgan fingerprint density at radius 2 is 1.77 bits per heavy atom. The molecule has 134 valence electrons. The molecule has 1 unspecified atom stereocenters. The number of piperidine rings is 1. The Labute approximate surface area is 152 Å². The standard InChI is InChI=1S/C19H21N5O2/c25-16-12-20-19(21-13-16)23-10-7-15(8-11-23)18(26)24-17(6-9-22-24)14-4-2-1-3-5-14/h1-5,9,12-13,15,17,25H,6-8,10-11H2. The molecule has 7 nitrogen and oxygen atoms in total. The van der Waals surface area contributed by atoms with Crippen molar-refractivity contribution >= 4 is 18.1 Å². The number of carbonyl (C=O) groups excluding carboxylic acids is 1. The van der Waals surface area contributed by atoms with Crippen LogP contribution in [0, 0.1) is 5.92 Å². The third-order valence-electron chi connectivity index (χ3n) is 4.99. The molecule has 7 heteroatoms. The van der Waals surface area contributed by atoms with Crippen LogP contribution in [0.1, 0.15) is 30.9 Å². The second-order valence-corrected chi connectivity index (χ2v) is 6.65. The van der Waals surface area contributed by atoms with Gasteiger partial charge in [0.05, 0.1) is 18.4 Å². The van der Waals surface area contributed by atoms with E-state index in [1.807, 2.05) is 41.4 Å². The van der Waals surface area contributed by atoms with E-state index in [1.165, 1.54) is 12.4 Å². The topological polar surface area (TPSA) is 81.9 Å². The van der Waals surface area contributed by atoms with Crippen molar-refractivity contribution in [2.75, 3.05) is 18.0 Å². The van der Waals surface area contributed by atoms with Crippen molar-refractivity contribution in [1.82, 2.24) is 15.0 Å². The predicted molar refractivity (Wildman–Crippen MR) is 97.8 cm³/mol. The largest absolute Gasteiger partial charge is 0.505 e. The summed E-state index contributed by atoms with van der Waals surface area (Å²) in [5.74, 6) is 0.705. The molecule has 1 amide bonds. The maximum absolute atomic E-state index is 13.0. The van der Waals surface area contributed by atoms with Gasteiger partial charge in [0, 0.05) is 31.6 Å². The van der Waals surface area contributed by atoms with Crippen LogP contribution in [0.3, 0.4) is 0 Å². The fourth-order valence-electron chi connectivity index (χ4n) is 3.57. The van der Waals surface area contributed by atoms with E-state index in [0.29, 0.717) is 5.95 Å². The molecular weight excluding hydrogens is 330 g/mol. The Balaban J connectivity index is 1.40. The fraction of sp³-hybridized carbons (Fsp3) is 0.368. The lowest BCUT2D eigenvalue weighted by atomic mass is 9.94. The highest BCUT2D eigenvalue weighted by Crippen LogP contribution is 2.32. The Morgan fingerprint density at radius 1 is 1.08 bits per heavy atom. The van der Waals surface area contributed by atoms with Crippen LogP contribution < -0.4 is 4.90 Å². The van der Waals surface area contributed by atoms with Gasteiger partial charge in [0.1, 0.15) is 0 Å². The van der Waals surface area contributed by atoms with Gasteiger partial charge in [-0.05, 0) is 18.4 Å². The highest BCUT2D eigenvalue weighted by molar-refractivity contribution is 5.82. The van der Waals surface area contributed by atoms with E-state index in [9.17, 15) is 9.90 Å². The van der Waals surface area contributed by atoms with E-state index >= 15 is 0 Å².